The lowest BCUT2D eigenvalue weighted by molar-refractivity contribution is -0.121. The van der Waals surface area contributed by atoms with Gasteiger partial charge in [0.05, 0.1) is 18.2 Å². The van der Waals surface area contributed by atoms with E-state index in [1.165, 1.54) is 18.2 Å². The number of halogens is 1. The van der Waals surface area contributed by atoms with Crippen LogP contribution in [0.1, 0.15) is 54.1 Å². The van der Waals surface area contributed by atoms with Crippen LogP contribution in [0.3, 0.4) is 0 Å². The molecule has 0 bridgehead atoms. The number of aromatic amines is 2. The summed E-state index contributed by atoms with van der Waals surface area (Å²) in [5.41, 5.74) is 3.72. The van der Waals surface area contributed by atoms with Crippen molar-refractivity contribution in [3.63, 3.8) is 0 Å². The van der Waals surface area contributed by atoms with Gasteiger partial charge in [-0.25, -0.2) is 9.37 Å². The first kappa shape index (κ1) is 22.5. The van der Waals surface area contributed by atoms with Gasteiger partial charge >= 0.3 is 0 Å². The first-order chi connectivity index (χ1) is 15.8. The van der Waals surface area contributed by atoms with Gasteiger partial charge in [0.2, 0.25) is 5.91 Å². The Balaban J connectivity index is 1.61. The third-order valence-corrected chi connectivity index (χ3v) is 5.73. The van der Waals surface area contributed by atoms with Crippen molar-refractivity contribution >= 4 is 16.8 Å². The lowest BCUT2D eigenvalue weighted by atomic mass is 10.0. The first-order valence-corrected chi connectivity index (χ1v) is 11.0. The first-order valence-electron chi connectivity index (χ1n) is 11.0. The number of nitrogens with zero attached hydrogens (tertiary/aromatic N) is 1. The number of H-pyrrole nitrogens is 2. The molecule has 0 aliphatic carbocycles. The number of nitrogens with one attached hydrogen (secondary N) is 3. The minimum atomic E-state index is -0.365. The highest BCUT2D eigenvalue weighted by Gasteiger charge is 2.19. The number of aromatic nitrogens is 3. The number of rotatable bonds is 7. The molecule has 0 saturated heterocycles. The molecule has 0 aliphatic rings. The molecule has 3 N–H and O–H groups in total. The minimum absolute atomic E-state index is 0.0765. The van der Waals surface area contributed by atoms with Gasteiger partial charge in [-0.05, 0) is 36.2 Å². The van der Waals surface area contributed by atoms with Crippen LogP contribution < -0.4 is 10.9 Å². The molecule has 6 nitrogen and oxygen atoms in total. The van der Waals surface area contributed by atoms with Gasteiger partial charge in [-0.3, -0.25) is 9.59 Å². The molecule has 1 unspecified atom stereocenters. The molecule has 0 spiro atoms. The molecule has 4 rings (SSSR count). The van der Waals surface area contributed by atoms with E-state index >= 15 is 0 Å². The Morgan fingerprint density at radius 1 is 1.09 bits per heavy atom. The van der Waals surface area contributed by atoms with Crippen LogP contribution >= 0.6 is 0 Å². The van der Waals surface area contributed by atoms with Gasteiger partial charge in [0.15, 0.2) is 0 Å². The molecular formula is C26H27FN4O2. The van der Waals surface area contributed by atoms with E-state index in [1.807, 2.05) is 51.1 Å². The zero-order valence-electron chi connectivity index (χ0n) is 18.9. The van der Waals surface area contributed by atoms with Crippen LogP contribution in [0.2, 0.25) is 0 Å². The normalized spacial score (nSPS) is 12.3. The fourth-order valence-electron chi connectivity index (χ4n) is 4.04. The summed E-state index contributed by atoms with van der Waals surface area (Å²) < 4.78 is 13.8. The van der Waals surface area contributed by atoms with E-state index in [4.69, 9.17) is 0 Å². The van der Waals surface area contributed by atoms with Gasteiger partial charge in [0, 0.05) is 35.0 Å². The summed E-state index contributed by atoms with van der Waals surface area (Å²) in [5.74, 6) is 0.164. The van der Waals surface area contributed by atoms with Crippen LogP contribution in [0, 0.1) is 12.7 Å². The summed E-state index contributed by atoms with van der Waals surface area (Å²) in [5, 5.41) is 3.80. The van der Waals surface area contributed by atoms with Gasteiger partial charge in [-0.15, -0.1) is 0 Å². The zero-order chi connectivity index (χ0) is 23.5. The van der Waals surface area contributed by atoms with Crippen LogP contribution in [0.4, 0.5) is 4.39 Å². The van der Waals surface area contributed by atoms with Crippen molar-refractivity contribution in [1.29, 1.82) is 0 Å². The monoisotopic (exact) mass is 446 g/mol. The highest BCUT2D eigenvalue weighted by Crippen LogP contribution is 2.24. The average Bonchev–Trinajstić information content (AvgIpc) is 3.08. The Bertz CT molecular complexity index is 1340. The second-order valence-corrected chi connectivity index (χ2v) is 8.61. The highest BCUT2D eigenvalue weighted by atomic mass is 19.1. The van der Waals surface area contributed by atoms with Gasteiger partial charge in [0.1, 0.15) is 11.6 Å². The largest absolute Gasteiger partial charge is 0.358 e. The maximum atomic E-state index is 13.8. The smallest absolute Gasteiger partial charge is 0.251 e. The molecule has 2 aromatic heterocycles. The van der Waals surface area contributed by atoms with Gasteiger partial charge in [-0.2, -0.15) is 0 Å². The standard InChI is InChI=1S/C26H27FN4O2/c1-15(2)26-29-19(13-24(32)31-26)12-23(17-7-5-4-6-8-17)30-25(33)14-20-16(3)28-22-10-9-18(27)11-21(20)22/h4-11,13,15,23,28H,12,14H2,1-3H3,(H,30,33)(H,29,31,32). The quantitative estimate of drug-likeness (QED) is 0.391. The molecule has 0 aliphatic heterocycles. The second-order valence-electron chi connectivity index (χ2n) is 8.61. The fourth-order valence-corrected chi connectivity index (χ4v) is 4.04. The molecule has 0 radical (unpaired) electrons. The number of benzene rings is 2. The average molecular weight is 447 g/mol. The topological polar surface area (TPSA) is 90.6 Å². The molecule has 1 atom stereocenters. The SMILES string of the molecule is Cc1[nH]c2ccc(F)cc2c1CC(=O)NC(Cc1cc(=O)[nH]c(C(C)C)n1)c1ccccc1. The third-order valence-electron chi connectivity index (χ3n) is 5.73. The Morgan fingerprint density at radius 3 is 2.58 bits per heavy atom. The maximum absolute atomic E-state index is 13.8. The molecule has 0 fully saturated rings. The van der Waals surface area contributed by atoms with Crippen molar-refractivity contribution in [2.24, 2.45) is 0 Å². The van der Waals surface area contributed by atoms with Crippen molar-refractivity contribution in [3.8, 4) is 0 Å². The lowest BCUT2D eigenvalue weighted by Crippen LogP contribution is -2.32. The Labute approximate surface area is 191 Å². The number of hydrogen-bond acceptors (Lipinski definition) is 3. The van der Waals surface area contributed by atoms with E-state index in [-0.39, 0.29) is 35.7 Å². The molecule has 170 valence electrons. The van der Waals surface area contributed by atoms with E-state index in [2.05, 4.69) is 20.3 Å². The summed E-state index contributed by atoms with van der Waals surface area (Å²) in [6.45, 7) is 5.80. The van der Waals surface area contributed by atoms with Crippen molar-refractivity contribution in [3.05, 3.63) is 99.1 Å². The summed E-state index contributed by atoms with van der Waals surface area (Å²) in [6.07, 6.45) is 0.486. The number of amides is 1. The fraction of sp³-hybridized carbons (Fsp3) is 0.269. The second kappa shape index (κ2) is 9.40. The molecule has 2 heterocycles. The van der Waals surface area contributed by atoms with E-state index in [0.717, 1.165) is 22.3 Å². The number of fused-ring (bicyclic) bond motifs is 1. The number of carbonyl (C=O) groups excluding carboxylic acids is 1. The van der Waals surface area contributed by atoms with Crippen molar-refractivity contribution in [2.45, 2.75) is 45.6 Å². The third kappa shape index (κ3) is 5.19. The van der Waals surface area contributed by atoms with E-state index in [1.54, 1.807) is 6.07 Å². The van der Waals surface area contributed by atoms with Gasteiger partial charge < -0.3 is 15.3 Å². The highest BCUT2D eigenvalue weighted by molar-refractivity contribution is 5.90. The van der Waals surface area contributed by atoms with Crippen LogP contribution in [0.15, 0.2) is 59.4 Å². The maximum Gasteiger partial charge on any atom is 0.251 e. The Hall–Kier alpha value is -3.74. The van der Waals surface area contributed by atoms with Crippen LogP contribution in [0.5, 0.6) is 0 Å². The molecule has 4 aromatic rings. The summed E-state index contributed by atoms with van der Waals surface area (Å²) >= 11 is 0. The lowest BCUT2D eigenvalue weighted by Gasteiger charge is -2.20. The van der Waals surface area contributed by atoms with Crippen LogP contribution in [0.25, 0.3) is 10.9 Å². The van der Waals surface area contributed by atoms with Crippen molar-refractivity contribution < 1.29 is 9.18 Å². The Morgan fingerprint density at radius 2 is 1.85 bits per heavy atom. The number of aryl methyl sites for hydroxylation is 1. The molecule has 0 saturated carbocycles. The number of carbonyl (C=O) groups is 1. The zero-order valence-corrected chi connectivity index (χ0v) is 18.9. The number of hydrogen-bond donors (Lipinski definition) is 3. The van der Waals surface area contributed by atoms with Gasteiger partial charge in [-0.1, -0.05) is 44.2 Å². The Kier molecular flexibility index (Phi) is 6.40. The van der Waals surface area contributed by atoms with Crippen LogP contribution in [-0.4, -0.2) is 20.9 Å². The molecule has 2 aromatic carbocycles. The molecule has 33 heavy (non-hydrogen) atoms. The van der Waals surface area contributed by atoms with E-state index in [9.17, 15) is 14.0 Å². The van der Waals surface area contributed by atoms with Crippen molar-refractivity contribution in [1.82, 2.24) is 20.3 Å². The predicted octanol–water partition coefficient (Wildman–Crippen LogP) is 4.46. The predicted molar refractivity (Wildman–Crippen MR) is 127 cm³/mol. The van der Waals surface area contributed by atoms with E-state index < -0.39 is 0 Å². The molecule has 7 heteroatoms. The van der Waals surface area contributed by atoms with Crippen molar-refractivity contribution in [2.75, 3.05) is 0 Å². The molecule has 1 amide bonds. The summed E-state index contributed by atoms with van der Waals surface area (Å²) in [7, 11) is 0. The summed E-state index contributed by atoms with van der Waals surface area (Å²) in [6, 6.07) is 15.2. The van der Waals surface area contributed by atoms with Crippen LogP contribution in [-0.2, 0) is 17.6 Å². The molecular weight excluding hydrogens is 419 g/mol. The minimum Gasteiger partial charge on any atom is -0.358 e. The van der Waals surface area contributed by atoms with E-state index in [0.29, 0.717) is 23.3 Å². The van der Waals surface area contributed by atoms with Gasteiger partial charge in [0.25, 0.3) is 5.56 Å². The summed E-state index contributed by atoms with van der Waals surface area (Å²) in [4.78, 5) is 35.8.